The minimum absolute atomic E-state index is 0.196. The molecule has 0 spiro atoms. The van der Waals surface area contributed by atoms with Crippen LogP contribution in [0.5, 0.6) is 0 Å². The van der Waals surface area contributed by atoms with Crippen LogP contribution in [0.25, 0.3) is 0 Å². The fraction of sp³-hybridized carbons (Fsp3) is 0.375. The molecule has 20 heavy (non-hydrogen) atoms. The summed E-state index contributed by atoms with van der Waals surface area (Å²) in [6.07, 6.45) is 0.341. The fourth-order valence-corrected chi connectivity index (χ4v) is 2.02. The number of rotatable bonds is 5. The molecule has 1 aromatic heterocycles. The minimum Gasteiger partial charge on any atom is -0.461 e. The molecule has 0 unspecified atom stereocenters. The standard InChI is InChI=1S/C16H20N2O2/c1-12-4-6-15(7-5-12)11-20-16(19)8-9-18-14(3)10-13(2)17-18/h4-7,10H,8-9,11H2,1-3H3. The Labute approximate surface area is 119 Å². The third-order valence-electron chi connectivity index (χ3n) is 3.15. The monoisotopic (exact) mass is 272 g/mol. The zero-order valence-electron chi connectivity index (χ0n) is 12.2. The number of aromatic nitrogens is 2. The second-order valence-electron chi connectivity index (χ2n) is 5.05. The molecule has 2 aromatic rings. The van der Waals surface area contributed by atoms with E-state index in [1.807, 2.05) is 55.8 Å². The van der Waals surface area contributed by atoms with Crippen molar-refractivity contribution in [2.75, 3.05) is 0 Å². The van der Waals surface area contributed by atoms with Gasteiger partial charge < -0.3 is 4.74 Å². The van der Waals surface area contributed by atoms with Crippen LogP contribution in [0.2, 0.25) is 0 Å². The molecule has 1 aromatic carbocycles. The predicted molar refractivity (Wildman–Crippen MR) is 77.3 cm³/mol. The highest BCUT2D eigenvalue weighted by Gasteiger charge is 2.06. The van der Waals surface area contributed by atoms with Gasteiger partial charge in [-0.25, -0.2) is 0 Å². The number of nitrogens with zero attached hydrogens (tertiary/aromatic N) is 2. The van der Waals surface area contributed by atoms with Crippen LogP contribution in [0, 0.1) is 20.8 Å². The number of esters is 1. The van der Waals surface area contributed by atoms with Crippen molar-refractivity contribution < 1.29 is 9.53 Å². The van der Waals surface area contributed by atoms with Crippen LogP contribution in [0.1, 0.15) is 28.9 Å². The van der Waals surface area contributed by atoms with E-state index in [4.69, 9.17) is 4.74 Å². The van der Waals surface area contributed by atoms with E-state index in [1.54, 1.807) is 0 Å². The summed E-state index contributed by atoms with van der Waals surface area (Å²) in [5.74, 6) is -0.196. The minimum atomic E-state index is -0.196. The lowest BCUT2D eigenvalue weighted by atomic mass is 10.2. The van der Waals surface area contributed by atoms with Crippen molar-refractivity contribution in [1.82, 2.24) is 9.78 Å². The van der Waals surface area contributed by atoms with Gasteiger partial charge in [0.2, 0.25) is 0 Å². The van der Waals surface area contributed by atoms with Gasteiger partial charge in [0, 0.05) is 5.69 Å². The molecule has 0 atom stereocenters. The van der Waals surface area contributed by atoms with E-state index in [0.717, 1.165) is 17.0 Å². The number of carbonyl (C=O) groups excluding carboxylic acids is 1. The van der Waals surface area contributed by atoms with Crippen molar-refractivity contribution in [2.24, 2.45) is 0 Å². The Bertz CT molecular complexity index is 585. The van der Waals surface area contributed by atoms with Crippen LogP contribution in [-0.2, 0) is 22.7 Å². The van der Waals surface area contributed by atoms with E-state index in [1.165, 1.54) is 5.56 Å². The molecule has 2 rings (SSSR count). The van der Waals surface area contributed by atoms with Crippen molar-refractivity contribution in [1.29, 1.82) is 0 Å². The molecule has 0 aliphatic carbocycles. The largest absolute Gasteiger partial charge is 0.461 e. The second kappa shape index (κ2) is 6.37. The first kappa shape index (κ1) is 14.3. The lowest BCUT2D eigenvalue weighted by Crippen LogP contribution is -2.11. The number of carbonyl (C=O) groups is 1. The quantitative estimate of drug-likeness (QED) is 0.786. The van der Waals surface area contributed by atoms with Gasteiger partial charge in [-0.3, -0.25) is 9.48 Å². The average molecular weight is 272 g/mol. The molecule has 106 valence electrons. The molecule has 0 saturated carbocycles. The zero-order chi connectivity index (χ0) is 14.5. The highest BCUT2D eigenvalue weighted by molar-refractivity contribution is 5.69. The number of hydrogen-bond acceptors (Lipinski definition) is 3. The Morgan fingerprint density at radius 1 is 1.20 bits per heavy atom. The Morgan fingerprint density at radius 2 is 1.90 bits per heavy atom. The lowest BCUT2D eigenvalue weighted by Gasteiger charge is -2.06. The second-order valence-corrected chi connectivity index (χ2v) is 5.05. The molecule has 0 bridgehead atoms. The molecule has 4 heteroatoms. The topological polar surface area (TPSA) is 44.1 Å². The van der Waals surface area contributed by atoms with Gasteiger partial charge in [-0.15, -0.1) is 0 Å². The third kappa shape index (κ3) is 3.95. The molecule has 0 amide bonds. The fourth-order valence-electron chi connectivity index (χ4n) is 2.02. The maximum absolute atomic E-state index is 11.7. The van der Waals surface area contributed by atoms with Gasteiger partial charge in [0.15, 0.2) is 0 Å². The van der Waals surface area contributed by atoms with Crippen LogP contribution in [0.4, 0.5) is 0 Å². The summed E-state index contributed by atoms with van der Waals surface area (Å²) in [6.45, 7) is 6.85. The third-order valence-corrected chi connectivity index (χ3v) is 3.15. The molecule has 0 radical (unpaired) electrons. The first-order valence-corrected chi connectivity index (χ1v) is 6.77. The van der Waals surface area contributed by atoms with Crippen LogP contribution in [-0.4, -0.2) is 15.7 Å². The highest BCUT2D eigenvalue weighted by Crippen LogP contribution is 2.06. The number of ether oxygens (including phenoxy) is 1. The van der Waals surface area contributed by atoms with E-state index in [0.29, 0.717) is 19.6 Å². The van der Waals surface area contributed by atoms with Crippen molar-refractivity contribution in [3.63, 3.8) is 0 Å². The maximum Gasteiger partial charge on any atom is 0.308 e. The number of hydrogen-bond donors (Lipinski definition) is 0. The molecule has 4 nitrogen and oxygen atoms in total. The van der Waals surface area contributed by atoms with E-state index in [9.17, 15) is 4.79 Å². The Morgan fingerprint density at radius 3 is 2.50 bits per heavy atom. The highest BCUT2D eigenvalue weighted by atomic mass is 16.5. The van der Waals surface area contributed by atoms with Crippen LogP contribution >= 0.6 is 0 Å². The maximum atomic E-state index is 11.7. The zero-order valence-corrected chi connectivity index (χ0v) is 12.2. The summed E-state index contributed by atoms with van der Waals surface area (Å²) in [7, 11) is 0. The van der Waals surface area contributed by atoms with Gasteiger partial charge in [0.25, 0.3) is 0 Å². The summed E-state index contributed by atoms with van der Waals surface area (Å²) in [5, 5.41) is 4.32. The van der Waals surface area contributed by atoms with Crippen molar-refractivity contribution >= 4 is 5.97 Å². The predicted octanol–water partition coefficient (Wildman–Crippen LogP) is 2.94. The van der Waals surface area contributed by atoms with Gasteiger partial charge >= 0.3 is 5.97 Å². The van der Waals surface area contributed by atoms with Crippen LogP contribution in [0.15, 0.2) is 30.3 Å². The van der Waals surface area contributed by atoms with Gasteiger partial charge in [-0.1, -0.05) is 29.8 Å². The van der Waals surface area contributed by atoms with Gasteiger partial charge in [0.05, 0.1) is 18.7 Å². The average Bonchev–Trinajstić information content (AvgIpc) is 2.74. The van der Waals surface area contributed by atoms with E-state index in [2.05, 4.69) is 5.10 Å². The molecular weight excluding hydrogens is 252 g/mol. The van der Waals surface area contributed by atoms with E-state index >= 15 is 0 Å². The molecule has 0 aliphatic heterocycles. The summed E-state index contributed by atoms with van der Waals surface area (Å²) >= 11 is 0. The first-order chi connectivity index (χ1) is 9.54. The molecule has 0 saturated heterocycles. The summed E-state index contributed by atoms with van der Waals surface area (Å²) < 4.78 is 7.09. The Kier molecular flexibility index (Phi) is 4.56. The van der Waals surface area contributed by atoms with Crippen molar-refractivity contribution in [2.45, 2.75) is 40.3 Å². The summed E-state index contributed by atoms with van der Waals surface area (Å²) in [5.41, 5.74) is 4.24. The normalized spacial score (nSPS) is 10.6. The van der Waals surface area contributed by atoms with Gasteiger partial charge in [0.1, 0.15) is 6.61 Å². The molecular formula is C16H20N2O2. The van der Waals surface area contributed by atoms with Crippen LogP contribution in [0.3, 0.4) is 0 Å². The molecule has 1 heterocycles. The molecule has 0 N–H and O–H groups in total. The van der Waals surface area contributed by atoms with Gasteiger partial charge in [-0.2, -0.15) is 5.10 Å². The molecule has 0 fully saturated rings. The Balaban J connectivity index is 1.78. The smallest absolute Gasteiger partial charge is 0.308 e. The van der Waals surface area contributed by atoms with Crippen molar-refractivity contribution in [3.05, 3.63) is 52.8 Å². The number of benzene rings is 1. The Hall–Kier alpha value is -2.10. The van der Waals surface area contributed by atoms with E-state index in [-0.39, 0.29) is 5.97 Å². The van der Waals surface area contributed by atoms with Crippen LogP contribution < -0.4 is 0 Å². The van der Waals surface area contributed by atoms with E-state index < -0.39 is 0 Å². The number of aryl methyl sites for hydroxylation is 4. The van der Waals surface area contributed by atoms with Crippen molar-refractivity contribution in [3.8, 4) is 0 Å². The SMILES string of the molecule is Cc1ccc(COC(=O)CCn2nc(C)cc2C)cc1. The lowest BCUT2D eigenvalue weighted by molar-refractivity contribution is -0.145. The summed E-state index contributed by atoms with van der Waals surface area (Å²) in [4.78, 5) is 11.7. The molecule has 0 aliphatic rings. The van der Waals surface area contributed by atoms with Gasteiger partial charge in [-0.05, 0) is 32.4 Å². The summed E-state index contributed by atoms with van der Waals surface area (Å²) in [6, 6.07) is 9.98. The first-order valence-electron chi connectivity index (χ1n) is 6.77.